The monoisotopic (exact) mass is 572 g/mol. The Morgan fingerprint density at radius 3 is 1.69 bits per heavy atom. The van der Waals surface area contributed by atoms with Crippen LogP contribution in [0.1, 0.15) is 22.3 Å². The molecule has 8 aromatic rings. The van der Waals surface area contributed by atoms with E-state index in [1.807, 2.05) is 0 Å². The number of anilines is 2. The molecule has 45 heavy (non-hydrogen) atoms. The second kappa shape index (κ2) is 9.07. The third kappa shape index (κ3) is 3.13. The summed E-state index contributed by atoms with van der Waals surface area (Å²) in [5.74, 6) is 0. The Balaban J connectivity index is 1.25. The molecular formula is C43H28N2. The highest BCUT2D eigenvalue weighted by molar-refractivity contribution is 6.14. The standard InChI is InChI=1S/C43H28N2/c1-2-14-28(15-3-1)45-40-27-11-7-18-31(40)32-20-12-26-39(42(32)45)44-38-25-13-24-37-41(38)33-19-6-10-23-36(33)43(37)34-21-8-4-16-29(34)30-17-5-9-22-35(30)43/h1-27,44H. The van der Waals surface area contributed by atoms with Crippen LogP contribution in [0.15, 0.2) is 164 Å². The van der Waals surface area contributed by atoms with Crippen LogP contribution >= 0.6 is 0 Å². The van der Waals surface area contributed by atoms with Crippen LogP contribution < -0.4 is 5.32 Å². The smallest absolute Gasteiger partial charge is 0.0776 e. The van der Waals surface area contributed by atoms with Crippen molar-refractivity contribution >= 4 is 33.2 Å². The van der Waals surface area contributed by atoms with Gasteiger partial charge >= 0.3 is 0 Å². The molecule has 0 atom stereocenters. The van der Waals surface area contributed by atoms with Gasteiger partial charge in [0.15, 0.2) is 0 Å². The van der Waals surface area contributed by atoms with Gasteiger partial charge in [0.05, 0.1) is 22.1 Å². The molecule has 1 aromatic heterocycles. The highest BCUT2D eigenvalue weighted by Crippen LogP contribution is 2.63. The second-order valence-electron chi connectivity index (χ2n) is 12.1. The zero-order valence-electron chi connectivity index (χ0n) is 24.5. The van der Waals surface area contributed by atoms with Gasteiger partial charge in [0, 0.05) is 27.7 Å². The Morgan fingerprint density at radius 2 is 0.933 bits per heavy atom. The maximum Gasteiger partial charge on any atom is 0.0776 e. The maximum atomic E-state index is 3.99. The third-order valence-electron chi connectivity index (χ3n) is 10.00. The second-order valence-corrected chi connectivity index (χ2v) is 12.1. The quantitative estimate of drug-likeness (QED) is 0.223. The summed E-state index contributed by atoms with van der Waals surface area (Å²) < 4.78 is 2.40. The average molecular weight is 573 g/mol. The van der Waals surface area contributed by atoms with Crippen LogP contribution in [0.4, 0.5) is 11.4 Å². The number of fused-ring (bicyclic) bond motifs is 13. The van der Waals surface area contributed by atoms with Crippen molar-refractivity contribution in [3.05, 3.63) is 186 Å². The van der Waals surface area contributed by atoms with Crippen LogP contribution in [-0.4, -0.2) is 4.57 Å². The molecule has 0 unspecified atom stereocenters. The molecule has 0 amide bonds. The minimum absolute atomic E-state index is 0.359. The van der Waals surface area contributed by atoms with E-state index in [1.54, 1.807) is 0 Å². The van der Waals surface area contributed by atoms with Crippen molar-refractivity contribution in [2.45, 2.75) is 5.41 Å². The molecule has 2 heteroatoms. The first kappa shape index (κ1) is 24.6. The SMILES string of the molecule is c1ccc(-n2c3ccccc3c3cccc(Nc4cccc5c4-c4ccccc4C54c5ccccc5-c5ccccc54)c32)cc1. The highest BCUT2D eigenvalue weighted by atomic mass is 15.0. The minimum atomic E-state index is -0.359. The van der Waals surface area contributed by atoms with Gasteiger partial charge in [-0.1, -0.05) is 133 Å². The Bertz CT molecular complexity index is 2420. The Kier molecular flexibility index (Phi) is 4.95. The fourth-order valence-corrected chi connectivity index (χ4v) is 8.36. The Morgan fingerprint density at radius 1 is 0.400 bits per heavy atom. The van der Waals surface area contributed by atoms with Crippen LogP contribution in [0, 0.1) is 0 Å². The first-order valence-electron chi connectivity index (χ1n) is 15.6. The lowest BCUT2D eigenvalue weighted by Gasteiger charge is -2.30. The zero-order chi connectivity index (χ0) is 29.5. The molecule has 2 aliphatic rings. The van der Waals surface area contributed by atoms with E-state index in [1.165, 1.54) is 66.3 Å². The summed E-state index contributed by atoms with van der Waals surface area (Å²) in [6, 6.07) is 59.9. The fourth-order valence-electron chi connectivity index (χ4n) is 8.36. The molecule has 2 nitrogen and oxygen atoms in total. The molecule has 210 valence electrons. The number of nitrogens with zero attached hydrogens (tertiary/aromatic N) is 1. The van der Waals surface area contributed by atoms with E-state index in [0.717, 1.165) is 17.1 Å². The van der Waals surface area contributed by atoms with Gasteiger partial charge < -0.3 is 9.88 Å². The lowest BCUT2D eigenvalue weighted by Crippen LogP contribution is -2.25. The Hall–Kier alpha value is -5.86. The summed E-state index contributed by atoms with van der Waals surface area (Å²) in [6.45, 7) is 0. The molecule has 0 saturated heterocycles. The van der Waals surface area contributed by atoms with Gasteiger partial charge in [0.1, 0.15) is 0 Å². The van der Waals surface area contributed by atoms with Crippen LogP contribution in [-0.2, 0) is 5.41 Å². The van der Waals surface area contributed by atoms with Gasteiger partial charge in [-0.25, -0.2) is 0 Å². The van der Waals surface area contributed by atoms with Crippen molar-refractivity contribution in [2.75, 3.05) is 5.32 Å². The van der Waals surface area contributed by atoms with Gasteiger partial charge in [-0.15, -0.1) is 0 Å². The van der Waals surface area contributed by atoms with Gasteiger partial charge in [-0.05, 0) is 69.3 Å². The summed E-state index contributed by atoms with van der Waals surface area (Å²) >= 11 is 0. The van der Waals surface area contributed by atoms with Crippen molar-refractivity contribution in [2.24, 2.45) is 0 Å². The van der Waals surface area contributed by atoms with Crippen LogP contribution in [0.3, 0.4) is 0 Å². The van der Waals surface area contributed by atoms with Crippen LogP contribution in [0.5, 0.6) is 0 Å². The molecule has 0 bridgehead atoms. The van der Waals surface area contributed by atoms with E-state index in [-0.39, 0.29) is 5.41 Å². The fraction of sp³-hybridized carbons (Fsp3) is 0.0233. The summed E-state index contributed by atoms with van der Waals surface area (Å²) in [5, 5.41) is 6.48. The van der Waals surface area contributed by atoms with Crippen molar-refractivity contribution in [1.29, 1.82) is 0 Å². The Labute approximate surface area is 261 Å². The van der Waals surface area contributed by atoms with Crippen molar-refractivity contribution in [3.63, 3.8) is 0 Å². The van der Waals surface area contributed by atoms with Crippen LogP contribution in [0.2, 0.25) is 0 Å². The molecular weight excluding hydrogens is 544 g/mol. The van der Waals surface area contributed by atoms with Crippen LogP contribution in [0.25, 0.3) is 49.7 Å². The lowest BCUT2D eigenvalue weighted by atomic mass is 9.70. The van der Waals surface area contributed by atoms with Gasteiger partial charge in [0.2, 0.25) is 0 Å². The van der Waals surface area contributed by atoms with Gasteiger partial charge in [-0.3, -0.25) is 0 Å². The summed E-state index contributed by atoms with van der Waals surface area (Å²) in [6.07, 6.45) is 0. The summed E-state index contributed by atoms with van der Waals surface area (Å²) in [4.78, 5) is 0. The lowest BCUT2D eigenvalue weighted by molar-refractivity contribution is 0.794. The van der Waals surface area contributed by atoms with E-state index in [2.05, 4.69) is 174 Å². The normalized spacial score (nSPS) is 13.5. The van der Waals surface area contributed by atoms with Crippen molar-refractivity contribution in [1.82, 2.24) is 4.57 Å². The topological polar surface area (TPSA) is 17.0 Å². The van der Waals surface area contributed by atoms with E-state index in [4.69, 9.17) is 0 Å². The predicted octanol–water partition coefficient (Wildman–Crippen LogP) is 10.9. The third-order valence-corrected chi connectivity index (χ3v) is 10.00. The largest absolute Gasteiger partial charge is 0.353 e. The van der Waals surface area contributed by atoms with E-state index in [0.29, 0.717) is 0 Å². The van der Waals surface area contributed by atoms with Gasteiger partial charge in [0.25, 0.3) is 0 Å². The number of hydrogen-bond donors (Lipinski definition) is 1. The molecule has 10 rings (SSSR count). The summed E-state index contributed by atoms with van der Waals surface area (Å²) in [5.41, 5.74) is 16.0. The average Bonchev–Trinajstić information content (AvgIpc) is 3.72. The molecule has 7 aromatic carbocycles. The number of para-hydroxylation sites is 3. The first-order chi connectivity index (χ1) is 22.4. The number of nitrogens with one attached hydrogen (secondary N) is 1. The van der Waals surface area contributed by atoms with Crippen molar-refractivity contribution in [3.8, 4) is 27.9 Å². The number of hydrogen-bond acceptors (Lipinski definition) is 1. The molecule has 0 fully saturated rings. The molecule has 1 spiro atoms. The number of rotatable bonds is 3. The maximum absolute atomic E-state index is 3.99. The number of benzene rings is 7. The molecule has 1 N–H and O–H groups in total. The first-order valence-corrected chi connectivity index (χ1v) is 15.6. The number of aromatic nitrogens is 1. The van der Waals surface area contributed by atoms with E-state index in [9.17, 15) is 0 Å². The van der Waals surface area contributed by atoms with E-state index < -0.39 is 0 Å². The van der Waals surface area contributed by atoms with E-state index >= 15 is 0 Å². The molecule has 0 radical (unpaired) electrons. The van der Waals surface area contributed by atoms with Gasteiger partial charge in [-0.2, -0.15) is 0 Å². The zero-order valence-corrected chi connectivity index (χ0v) is 24.5. The molecule has 1 heterocycles. The molecule has 2 aliphatic carbocycles. The predicted molar refractivity (Wildman–Crippen MR) is 187 cm³/mol. The molecule has 0 aliphatic heterocycles. The highest BCUT2D eigenvalue weighted by Gasteiger charge is 2.51. The minimum Gasteiger partial charge on any atom is -0.353 e. The van der Waals surface area contributed by atoms with Crippen molar-refractivity contribution < 1.29 is 0 Å². The summed E-state index contributed by atoms with van der Waals surface area (Å²) in [7, 11) is 0. The molecule has 0 saturated carbocycles.